The van der Waals surface area contributed by atoms with Crippen molar-refractivity contribution in [3.05, 3.63) is 0 Å². The fourth-order valence-electron chi connectivity index (χ4n) is 4.14. The third kappa shape index (κ3) is 3.03. The predicted molar refractivity (Wildman–Crippen MR) is 81.7 cm³/mol. The number of likely N-dealkylation sites (tertiary alicyclic amines) is 1. The van der Waals surface area contributed by atoms with E-state index in [4.69, 9.17) is 15.2 Å². The van der Waals surface area contributed by atoms with E-state index in [1.807, 2.05) is 0 Å². The Bertz CT molecular complexity index is 299. The van der Waals surface area contributed by atoms with E-state index in [9.17, 15) is 0 Å². The van der Waals surface area contributed by atoms with E-state index in [0.717, 1.165) is 31.5 Å². The Morgan fingerprint density at radius 1 is 1.20 bits per heavy atom. The molecule has 4 nitrogen and oxygen atoms in total. The van der Waals surface area contributed by atoms with Crippen molar-refractivity contribution in [3.8, 4) is 0 Å². The van der Waals surface area contributed by atoms with Crippen molar-refractivity contribution in [2.24, 2.45) is 17.6 Å². The summed E-state index contributed by atoms with van der Waals surface area (Å²) in [6, 6.07) is 0. The topological polar surface area (TPSA) is 47.7 Å². The second kappa shape index (κ2) is 6.73. The molecule has 1 saturated carbocycles. The molecule has 1 heterocycles. The van der Waals surface area contributed by atoms with Crippen LogP contribution in [0.5, 0.6) is 0 Å². The fraction of sp³-hybridized carbons (Fsp3) is 1.00. The molecule has 1 saturated heterocycles. The number of ether oxygens (including phenoxy) is 2. The molecule has 4 unspecified atom stereocenters. The van der Waals surface area contributed by atoms with Crippen LogP contribution in [0.1, 0.15) is 39.5 Å². The van der Waals surface area contributed by atoms with Crippen molar-refractivity contribution in [3.63, 3.8) is 0 Å². The van der Waals surface area contributed by atoms with E-state index >= 15 is 0 Å². The van der Waals surface area contributed by atoms with E-state index in [-0.39, 0.29) is 17.7 Å². The maximum Gasteiger partial charge on any atom is 0.0972 e. The molecule has 118 valence electrons. The summed E-state index contributed by atoms with van der Waals surface area (Å²) in [4.78, 5) is 2.56. The highest BCUT2D eigenvalue weighted by molar-refractivity contribution is 5.02. The molecule has 2 N–H and O–H groups in total. The van der Waals surface area contributed by atoms with Crippen LogP contribution in [0.4, 0.5) is 0 Å². The van der Waals surface area contributed by atoms with Gasteiger partial charge in [0.15, 0.2) is 0 Å². The van der Waals surface area contributed by atoms with Gasteiger partial charge in [-0.1, -0.05) is 26.7 Å². The third-order valence-corrected chi connectivity index (χ3v) is 5.67. The van der Waals surface area contributed by atoms with Crippen LogP contribution in [0, 0.1) is 11.8 Å². The Hall–Kier alpha value is -0.160. The molecule has 0 amide bonds. The molecule has 0 spiro atoms. The van der Waals surface area contributed by atoms with Gasteiger partial charge in [0.2, 0.25) is 0 Å². The van der Waals surface area contributed by atoms with Gasteiger partial charge in [-0.2, -0.15) is 0 Å². The van der Waals surface area contributed by atoms with Crippen molar-refractivity contribution in [2.45, 2.75) is 57.3 Å². The van der Waals surface area contributed by atoms with Gasteiger partial charge >= 0.3 is 0 Å². The maximum atomic E-state index is 6.23. The van der Waals surface area contributed by atoms with Gasteiger partial charge in [0.05, 0.1) is 12.2 Å². The summed E-state index contributed by atoms with van der Waals surface area (Å²) < 4.78 is 11.2. The van der Waals surface area contributed by atoms with Crippen LogP contribution in [0.25, 0.3) is 0 Å². The number of methoxy groups -OCH3 is 2. The first kappa shape index (κ1) is 16.2. The number of hydrogen-bond acceptors (Lipinski definition) is 4. The Labute approximate surface area is 124 Å². The van der Waals surface area contributed by atoms with Crippen molar-refractivity contribution in [2.75, 3.05) is 33.9 Å². The summed E-state index contributed by atoms with van der Waals surface area (Å²) in [6.45, 7) is 7.35. The van der Waals surface area contributed by atoms with E-state index in [2.05, 4.69) is 18.7 Å². The first-order chi connectivity index (χ1) is 9.56. The van der Waals surface area contributed by atoms with E-state index in [0.29, 0.717) is 0 Å². The molecule has 1 aliphatic heterocycles. The lowest BCUT2D eigenvalue weighted by molar-refractivity contribution is -0.00461. The molecule has 0 bridgehead atoms. The monoisotopic (exact) mass is 284 g/mol. The maximum absolute atomic E-state index is 6.23. The van der Waals surface area contributed by atoms with Gasteiger partial charge in [-0.25, -0.2) is 0 Å². The van der Waals surface area contributed by atoms with Crippen LogP contribution in [-0.2, 0) is 9.47 Å². The zero-order valence-electron chi connectivity index (χ0n) is 13.6. The highest BCUT2D eigenvalue weighted by atomic mass is 16.5. The van der Waals surface area contributed by atoms with Gasteiger partial charge < -0.3 is 15.2 Å². The van der Waals surface area contributed by atoms with Crippen LogP contribution in [0.15, 0.2) is 0 Å². The lowest BCUT2D eigenvalue weighted by atomic mass is 9.71. The molecular weight excluding hydrogens is 252 g/mol. The van der Waals surface area contributed by atoms with Crippen LogP contribution in [0.2, 0.25) is 0 Å². The molecule has 2 aliphatic rings. The zero-order valence-corrected chi connectivity index (χ0v) is 13.6. The highest BCUT2D eigenvalue weighted by Crippen LogP contribution is 2.41. The molecule has 4 heteroatoms. The largest absolute Gasteiger partial charge is 0.377 e. The number of nitrogens with zero attached hydrogens (tertiary/aromatic N) is 1. The fourth-order valence-corrected chi connectivity index (χ4v) is 4.14. The van der Waals surface area contributed by atoms with Gasteiger partial charge in [0.1, 0.15) is 0 Å². The SMILES string of the molecule is COC1CN(C2(CN)CCCC(C(C)C)C2)CC1OC. The summed E-state index contributed by atoms with van der Waals surface area (Å²) in [7, 11) is 3.57. The van der Waals surface area contributed by atoms with Crippen molar-refractivity contribution in [1.29, 1.82) is 0 Å². The first-order valence-electron chi connectivity index (χ1n) is 8.07. The molecule has 2 fully saturated rings. The lowest BCUT2D eigenvalue weighted by Gasteiger charge is -2.47. The van der Waals surface area contributed by atoms with Gasteiger partial charge in [-0.15, -0.1) is 0 Å². The van der Waals surface area contributed by atoms with Gasteiger partial charge in [-0.05, 0) is 24.7 Å². The Balaban J connectivity index is 2.11. The molecule has 0 aromatic rings. The molecule has 0 aromatic carbocycles. The van der Waals surface area contributed by atoms with E-state index in [1.165, 1.54) is 25.7 Å². The third-order valence-electron chi connectivity index (χ3n) is 5.67. The normalized spacial score (nSPS) is 39.6. The summed E-state index contributed by atoms with van der Waals surface area (Å²) >= 11 is 0. The van der Waals surface area contributed by atoms with Gasteiger partial charge in [0, 0.05) is 39.4 Å². The Morgan fingerprint density at radius 3 is 2.25 bits per heavy atom. The molecule has 20 heavy (non-hydrogen) atoms. The minimum absolute atomic E-state index is 0.164. The van der Waals surface area contributed by atoms with Crippen LogP contribution in [-0.4, -0.2) is 56.5 Å². The van der Waals surface area contributed by atoms with Crippen LogP contribution >= 0.6 is 0 Å². The van der Waals surface area contributed by atoms with Crippen LogP contribution < -0.4 is 5.73 Å². The van der Waals surface area contributed by atoms with Crippen LogP contribution in [0.3, 0.4) is 0 Å². The first-order valence-corrected chi connectivity index (χ1v) is 8.07. The Kier molecular flexibility index (Phi) is 5.46. The summed E-state index contributed by atoms with van der Waals surface area (Å²) in [6.07, 6.45) is 5.47. The predicted octanol–water partition coefficient (Wildman–Crippen LogP) is 1.88. The Morgan fingerprint density at radius 2 is 1.80 bits per heavy atom. The zero-order chi connectivity index (χ0) is 14.8. The van der Waals surface area contributed by atoms with Crippen molar-refractivity contribution in [1.82, 2.24) is 4.90 Å². The minimum Gasteiger partial charge on any atom is -0.377 e. The number of hydrogen-bond donors (Lipinski definition) is 1. The average molecular weight is 284 g/mol. The summed E-state index contributed by atoms with van der Waals surface area (Å²) in [5.74, 6) is 1.55. The molecule has 0 radical (unpaired) electrons. The van der Waals surface area contributed by atoms with Crippen molar-refractivity contribution < 1.29 is 9.47 Å². The summed E-state index contributed by atoms with van der Waals surface area (Å²) in [5.41, 5.74) is 6.39. The second-order valence-corrected chi connectivity index (χ2v) is 6.98. The van der Waals surface area contributed by atoms with Gasteiger partial charge in [0.25, 0.3) is 0 Å². The number of nitrogens with two attached hydrogens (primary N) is 1. The average Bonchev–Trinajstić information content (AvgIpc) is 2.91. The number of rotatable bonds is 5. The molecule has 2 rings (SSSR count). The smallest absolute Gasteiger partial charge is 0.0972 e. The quantitative estimate of drug-likeness (QED) is 0.837. The minimum atomic E-state index is 0.164. The van der Waals surface area contributed by atoms with Crippen molar-refractivity contribution >= 4 is 0 Å². The molecule has 4 atom stereocenters. The second-order valence-electron chi connectivity index (χ2n) is 6.98. The van der Waals surface area contributed by atoms with Gasteiger partial charge in [-0.3, -0.25) is 4.90 Å². The molecule has 1 aliphatic carbocycles. The highest BCUT2D eigenvalue weighted by Gasteiger charge is 2.46. The van der Waals surface area contributed by atoms with E-state index < -0.39 is 0 Å². The standard InChI is InChI=1S/C16H32N2O2/c1-12(2)13-6-5-7-16(8-13,11-17)18-9-14(19-3)15(10-18)20-4/h12-15H,5-11,17H2,1-4H3. The van der Waals surface area contributed by atoms with E-state index in [1.54, 1.807) is 14.2 Å². The molecular formula is C16H32N2O2. The lowest BCUT2D eigenvalue weighted by Crippen LogP contribution is -2.56. The summed E-state index contributed by atoms with van der Waals surface area (Å²) in [5, 5.41) is 0. The molecule has 0 aromatic heterocycles.